The summed E-state index contributed by atoms with van der Waals surface area (Å²) in [6.45, 7) is 7.63. The van der Waals surface area contributed by atoms with Gasteiger partial charge in [-0.05, 0) is 43.0 Å². The first-order valence-corrected chi connectivity index (χ1v) is 7.52. The predicted octanol–water partition coefficient (Wildman–Crippen LogP) is 4.95. The third-order valence-corrected chi connectivity index (χ3v) is 4.09. The summed E-state index contributed by atoms with van der Waals surface area (Å²) in [5, 5.41) is 5.10. The van der Waals surface area contributed by atoms with E-state index in [0.29, 0.717) is 12.0 Å². The van der Waals surface area contributed by atoms with E-state index in [4.69, 9.17) is 23.2 Å². The molecule has 0 amide bonds. The molecule has 0 fully saturated rings. The van der Waals surface area contributed by atoms with E-state index in [0.717, 1.165) is 28.6 Å². The summed E-state index contributed by atoms with van der Waals surface area (Å²) < 4.78 is 0. The maximum Gasteiger partial charge on any atom is 0.0453 e. The molecule has 0 aromatic heterocycles. The summed E-state index contributed by atoms with van der Waals surface area (Å²) in [5.74, 6) is 0.627. The van der Waals surface area contributed by atoms with E-state index in [1.54, 1.807) is 0 Å². The molecule has 1 aromatic rings. The fourth-order valence-corrected chi connectivity index (χ4v) is 2.89. The highest BCUT2D eigenvalue weighted by molar-refractivity contribution is 6.36. The smallest absolute Gasteiger partial charge is 0.0453 e. The number of nitrogens with one attached hydrogen (secondary N) is 1. The Bertz CT molecular complexity index is 345. The number of hydrogen-bond acceptors (Lipinski definition) is 1. The van der Waals surface area contributed by atoms with Gasteiger partial charge in [0, 0.05) is 16.1 Å². The Morgan fingerprint density at radius 1 is 1.17 bits per heavy atom. The van der Waals surface area contributed by atoms with E-state index in [9.17, 15) is 0 Å². The van der Waals surface area contributed by atoms with Gasteiger partial charge in [-0.2, -0.15) is 0 Å². The van der Waals surface area contributed by atoms with Gasteiger partial charge in [-0.15, -0.1) is 0 Å². The first-order chi connectivity index (χ1) is 8.60. The van der Waals surface area contributed by atoms with Crippen LogP contribution in [0.5, 0.6) is 0 Å². The average Bonchev–Trinajstić information content (AvgIpc) is 2.33. The zero-order valence-electron chi connectivity index (χ0n) is 11.5. The van der Waals surface area contributed by atoms with Gasteiger partial charge in [0.15, 0.2) is 0 Å². The minimum absolute atomic E-state index is 0.437. The van der Waals surface area contributed by atoms with Gasteiger partial charge in [0.1, 0.15) is 0 Å². The Hall–Kier alpha value is -0.240. The zero-order chi connectivity index (χ0) is 13.5. The first-order valence-electron chi connectivity index (χ1n) is 6.76. The number of hydrogen-bond donors (Lipinski definition) is 1. The first kappa shape index (κ1) is 15.8. The highest BCUT2D eigenvalue weighted by atomic mass is 35.5. The highest BCUT2D eigenvalue weighted by Gasteiger charge is 2.18. The predicted molar refractivity (Wildman–Crippen MR) is 81.7 cm³/mol. The molecule has 3 heteroatoms. The van der Waals surface area contributed by atoms with E-state index < -0.39 is 0 Å². The molecule has 0 radical (unpaired) electrons. The lowest BCUT2D eigenvalue weighted by Crippen LogP contribution is -2.37. The van der Waals surface area contributed by atoms with Gasteiger partial charge in [0.2, 0.25) is 0 Å². The molecule has 0 aliphatic carbocycles. The summed E-state index contributed by atoms with van der Waals surface area (Å²) >= 11 is 12.5. The fourth-order valence-electron chi connectivity index (χ4n) is 2.34. The van der Waals surface area contributed by atoms with Crippen LogP contribution in [-0.2, 0) is 6.42 Å². The molecule has 0 saturated heterocycles. The highest BCUT2D eigenvalue weighted by Crippen LogP contribution is 2.27. The minimum atomic E-state index is 0.437. The third-order valence-electron chi connectivity index (χ3n) is 3.38. The Morgan fingerprint density at radius 3 is 2.28 bits per heavy atom. The van der Waals surface area contributed by atoms with E-state index in [1.165, 1.54) is 12.8 Å². The van der Waals surface area contributed by atoms with Crippen molar-refractivity contribution < 1.29 is 0 Å². The Balaban J connectivity index is 2.82. The van der Waals surface area contributed by atoms with Gasteiger partial charge in [0.05, 0.1) is 0 Å². The molecule has 0 aliphatic heterocycles. The molecule has 2 unspecified atom stereocenters. The van der Waals surface area contributed by atoms with Crippen molar-refractivity contribution in [3.63, 3.8) is 0 Å². The Kier molecular flexibility index (Phi) is 7.06. The van der Waals surface area contributed by atoms with Gasteiger partial charge in [-0.3, -0.25) is 0 Å². The normalized spacial score (nSPS) is 14.5. The van der Waals surface area contributed by atoms with Crippen molar-refractivity contribution in [2.75, 3.05) is 6.54 Å². The Morgan fingerprint density at radius 2 is 1.78 bits per heavy atom. The van der Waals surface area contributed by atoms with Crippen molar-refractivity contribution >= 4 is 23.2 Å². The van der Waals surface area contributed by atoms with Gasteiger partial charge in [0.25, 0.3) is 0 Å². The Labute approximate surface area is 121 Å². The lowest BCUT2D eigenvalue weighted by Gasteiger charge is -2.25. The molecule has 1 aromatic carbocycles. The van der Waals surface area contributed by atoms with Crippen molar-refractivity contribution in [3.8, 4) is 0 Å². The van der Waals surface area contributed by atoms with Crippen LogP contribution in [-0.4, -0.2) is 12.6 Å². The van der Waals surface area contributed by atoms with Gasteiger partial charge in [-0.25, -0.2) is 0 Å². The number of likely N-dealkylation sites (N-methyl/N-ethyl adjacent to an activating group) is 1. The van der Waals surface area contributed by atoms with Crippen LogP contribution < -0.4 is 5.32 Å². The summed E-state index contributed by atoms with van der Waals surface area (Å²) in [7, 11) is 0. The number of halogens is 2. The maximum absolute atomic E-state index is 6.24. The largest absolute Gasteiger partial charge is 0.314 e. The van der Waals surface area contributed by atoms with Crippen molar-refractivity contribution in [2.45, 2.75) is 46.1 Å². The van der Waals surface area contributed by atoms with E-state index >= 15 is 0 Å². The fraction of sp³-hybridized carbons (Fsp3) is 0.600. The topological polar surface area (TPSA) is 12.0 Å². The molecule has 0 aliphatic rings. The minimum Gasteiger partial charge on any atom is -0.314 e. The second-order valence-electron chi connectivity index (χ2n) is 4.83. The van der Waals surface area contributed by atoms with Crippen LogP contribution in [0.15, 0.2) is 18.2 Å². The van der Waals surface area contributed by atoms with Crippen LogP contribution in [0.3, 0.4) is 0 Å². The maximum atomic E-state index is 6.24. The van der Waals surface area contributed by atoms with Crippen LogP contribution >= 0.6 is 23.2 Å². The molecule has 1 rings (SSSR count). The van der Waals surface area contributed by atoms with Gasteiger partial charge >= 0.3 is 0 Å². The van der Waals surface area contributed by atoms with Gasteiger partial charge < -0.3 is 5.32 Å². The number of benzene rings is 1. The van der Waals surface area contributed by atoms with Crippen molar-refractivity contribution in [2.24, 2.45) is 5.92 Å². The third kappa shape index (κ3) is 4.46. The second-order valence-corrected chi connectivity index (χ2v) is 5.65. The van der Waals surface area contributed by atoms with Crippen LogP contribution in [0.1, 0.15) is 39.2 Å². The summed E-state index contributed by atoms with van der Waals surface area (Å²) in [6.07, 6.45) is 3.33. The molecular formula is C15H23Cl2N. The molecule has 1 nitrogen and oxygen atoms in total. The lowest BCUT2D eigenvalue weighted by molar-refractivity contribution is 0.358. The molecule has 2 atom stereocenters. The summed E-state index contributed by atoms with van der Waals surface area (Å²) in [4.78, 5) is 0. The molecule has 0 heterocycles. The molecular weight excluding hydrogens is 265 g/mol. The summed E-state index contributed by atoms with van der Waals surface area (Å²) in [6, 6.07) is 6.16. The zero-order valence-corrected chi connectivity index (χ0v) is 13.0. The summed E-state index contributed by atoms with van der Waals surface area (Å²) in [5.41, 5.74) is 1.06. The second kappa shape index (κ2) is 8.04. The monoisotopic (exact) mass is 287 g/mol. The average molecular weight is 288 g/mol. The number of rotatable bonds is 7. The van der Waals surface area contributed by atoms with Crippen LogP contribution in [0.4, 0.5) is 0 Å². The van der Waals surface area contributed by atoms with Crippen LogP contribution in [0.2, 0.25) is 10.0 Å². The quantitative estimate of drug-likeness (QED) is 0.748. The SMILES string of the molecule is CCCC(C)C(Cc1c(Cl)cccc1Cl)NCC. The molecule has 1 N–H and O–H groups in total. The van der Waals surface area contributed by atoms with Crippen molar-refractivity contribution in [3.05, 3.63) is 33.8 Å². The lowest BCUT2D eigenvalue weighted by atomic mass is 9.91. The molecule has 18 heavy (non-hydrogen) atoms. The van der Waals surface area contributed by atoms with E-state index in [-0.39, 0.29) is 0 Å². The van der Waals surface area contributed by atoms with Crippen molar-refractivity contribution in [1.29, 1.82) is 0 Å². The van der Waals surface area contributed by atoms with E-state index in [1.807, 2.05) is 18.2 Å². The molecule has 0 bridgehead atoms. The standard InChI is InChI=1S/C15H23Cl2N/c1-4-7-11(3)15(18-5-2)10-12-13(16)8-6-9-14(12)17/h6,8-9,11,15,18H,4-5,7,10H2,1-3H3. The molecule has 0 saturated carbocycles. The van der Waals surface area contributed by atoms with Crippen LogP contribution in [0, 0.1) is 5.92 Å². The molecule has 0 spiro atoms. The van der Waals surface area contributed by atoms with Gasteiger partial charge in [-0.1, -0.05) is 56.5 Å². The van der Waals surface area contributed by atoms with Crippen molar-refractivity contribution in [1.82, 2.24) is 5.32 Å². The van der Waals surface area contributed by atoms with Crippen LogP contribution in [0.25, 0.3) is 0 Å². The van der Waals surface area contributed by atoms with E-state index in [2.05, 4.69) is 26.1 Å². The molecule has 102 valence electrons.